The molecule has 0 atom stereocenters. The van der Waals surface area contributed by atoms with Gasteiger partial charge in [-0.2, -0.15) is 0 Å². The van der Waals surface area contributed by atoms with E-state index in [1.165, 1.54) is 17.1 Å². The molecule has 1 aromatic heterocycles. The highest BCUT2D eigenvalue weighted by Crippen LogP contribution is 2.25. The number of rotatable bonds is 3. The summed E-state index contributed by atoms with van der Waals surface area (Å²) >= 11 is 0. The fourth-order valence-electron chi connectivity index (χ4n) is 3.62. The van der Waals surface area contributed by atoms with Crippen molar-refractivity contribution in [2.24, 2.45) is 5.92 Å². The second kappa shape index (κ2) is 7.64. The molecule has 0 unspecified atom stereocenters. The van der Waals surface area contributed by atoms with Crippen LogP contribution in [0.3, 0.4) is 0 Å². The average Bonchev–Trinajstić information content (AvgIpc) is 2.64. The number of nitrogens with zero attached hydrogens (tertiary/aromatic N) is 3. The van der Waals surface area contributed by atoms with Crippen LogP contribution in [0.25, 0.3) is 0 Å². The van der Waals surface area contributed by atoms with Crippen molar-refractivity contribution in [2.45, 2.75) is 38.6 Å². The Morgan fingerprint density at radius 3 is 2.29 bits per heavy atom. The van der Waals surface area contributed by atoms with Crippen LogP contribution in [0.15, 0.2) is 29.2 Å². The van der Waals surface area contributed by atoms with E-state index in [0.717, 1.165) is 25.7 Å². The van der Waals surface area contributed by atoms with Gasteiger partial charge in [0.15, 0.2) is 0 Å². The molecule has 0 N–H and O–H groups in total. The smallest absolute Gasteiger partial charge is 0.250 e. The molecule has 3 rings (SSSR count). The van der Waals surface area contributed by atoms with Gasteiger partial charge in [0.05, 0.1) is 0 Å². The molecular weight excluding hydrogens is 306 g/mol. The zero-order valence-electron chi connectivity index (χ0n) is 14.0. The van der Waals surface area contributed by atoms with Crippen molar-refractivity contribution >= 4 is 11.8 Å². The molecule has 24 heavy (non-hydrogen) atoms. The molecule has 2 heterocycles. The van der Waals surface area contributed by atoms with Crippen molar-refractivity contribution < 1.29 is 9.59 Å². The van der Waals surface area contributed by atoms with Gasteiger partial charge in [0, 0.05) is 44.4 Å². The van der Waals surface area contributed by atoms with E-state index in [1.54, 1.807) is 23.2 Å². The van der Waals surface area contributed by atoms with Crippen LogP contribution in [0, 0.1) is 5.92 Å². The van der Waals surface area contributed by atoms with Gasteiger partial charge in [0.1, 0.15) is 6.54 Å². The van der Waals surface area contributed by atoms with Gasteiger partial charge in [0.25, 0.3) is 5.56 Å². The number of carbonyl (C=O) groups excluding carboxylic acids is 2. The standard InChI is InChI=1S/C18H25N3O3/c22-16-8-4-5-9-21(16)14-17(23)19-10-12-20(13-11-19)18(24)15-6-2-1-3-7-15/h4-5,8-9,15H,1-3,6-7,10-14H2. The molecule has 130 valence electrons. The lowest BCUT2D eigenvalue weighted by Gasteiger charge is -2.37. The largest absolute Gasteiger partial charge is 0.339 e. The Kier molecular flexibility index (Phi) is 5.33. The minimum Gasteiger partial charge on any atom is -0.339 e. The first-order valence-electron chi connectivity index (χ1n) is 8.87. The Hall–Kier alpha value is -2.11. The van der Waals surface area contributed by atoms with Crippen molar-refractivity contribution in [3.8, 4) is 0 Å². The van der Waals surface area contributed by atoms with Gasteiger partial charge < -0.3 is 14.4 Å². The summed E-state index contributed by atoms with van der Waals surface area (Å²) in [6, 6.07) is 4.86. The summed E-state index contributed by atoms with van der Waals surface area (Å²) in [5.74, 6) is 0.387. The maximum Gasteiger partial charge on any atom is 0.250 e. The third kappa shape index (κ3) is 3.86. The van der Waals surface area contributed by atoms with E-state index >= 15 is 0 Å². The molecule has 6 nitrogen and oxygen atoms in total. The first-order valence-corrected chi connectivity index (χ1v) is 8.87. The molecule has 1 saturated heterocycles. The minimum atomic E-state index is -0.169. The van der Waals surface area contributed by atoms with Crippen LogP contribution in [0.1, 0.15) is 32.1 Å². The second-order valence-electron chi connectivity index (χ2n) is 6.71. The van der Waals surface area contributed by atoms with Crippen LogP contribution >= 0.6 is 0 Å². The second-order valence-corrected chi connectivity index (χ2v) is 6.71. The maximum atomic E-state index is 12.5. The molecule has 0 aromatic carbocycles. The zero-order valence-corrected chi connectivity index (χ0v) is 14.0. The first-order chi connectivity index (χ1) is 11.6. The summed E-state index contributed by atoms with van der Waals surface area (Å²) in [6.45, 7) is 2.38. The summed E-state index contributed by atoms with van der Waals surface area (Å²) in [5.41, 5.74) is -0.169. The molecule has 6 heteroatoms. The van der Waals surface area contributed by atoms with E-state index < -0.39 is 0 Å². The summed E-state index contributed by atoms with van der Waals surface area (Å²) in [4.78, 5) is 40.3. The van der Waals surface area contributed by atoms with E-state index in [4.69, 9.17) is 0 Å². The molecule has 1 saturated carbocycles. The third-order valence-electron chi connectivity index (χ3n) is 5.10. The molecule has 1 aliphatic carbocycles. The third-order valence-corrected chi connectivity index (χ3v) is 5.10. The van der Waals surface area contributed by atoms with Gasteiger partial charge >= 0.3 is 0 Å². The van der Waals surface area contributed by atoms with E-state index in [-0.39, 0.29) is 29.8 Å². The Morgan fingerprint density at radius 2 is 1.62 bits per heavy atom. The normalized spacial score (nSPS) is 19.3. The quantitative estimate of drug-likeness (QED) is 0.833. The molecule has 1 aromatic rings. The molecule has 0 spiro atoms. The molecule has 2 fully saturated rings. The maximum absolute atomic E-state index is 12.5. The van der Waals surface area contributed by atoms with Crippen LogP contribution in [0.4, 0.5) is 0 Å². The number of carbonyl (C=O) groups is 2. The SMILES string of the molecule is O=C(Cn1ccccc1=O)N1CCN(C(=O)C2CCCCC2)CC1. The van der Waals surface area contributed by atoms with Crippen molar-refractivity contribution in [1.82, 2.24) is 14.4 Å². The van der Waals surface area contributed by atoms with Crippen LogP contribution in [-0.2, 0) is 16.1 Å². The number of hydrogen-bond donors (Lipinski definition) is 0. The fraction of sp³-hybridized carbons (Fsp3) is 0.611. The topological polar surface area (TPSA) is 62.6 Å². The molecule has 2 aliphatic rings. The van der Waals surface area contributed by atoms with Crippen molar-refractivity contribution in [3.63, 3.8) is 0 Å². The summed E-state index contributed by atoms with van der Waals surface area (Å²) in [5, 5.41) is 0. The summed E-state index contributed by atoms with van der Waals surface area (Å²) in [7, 11) is 0. The number of amides is 2. The Morgan fingerprint density at radius 1 is 0.958 bits per heavy atom. The predicted octanol–water partition coefficient (Wildman–Crippen LogP) is 1.10. The minimum absolute atomic E-state index is 0.0620. The molecular formula is C18H25N3O3. The predicted molar refractivity (Wildman–Crippen MR) is 90.4 cm³/mol. The van der Waals surface area contributed by atoms with Crippen LogP contribution < -0.4 is 5.56 Å². The van der Waals surface area contributed by atoms with Crippen LogP contribution in [0.5, 0.6) is 0 Å². The Balaban J connectivity index is 1.51. The zero-order chi connectivity index (χ0) is 16.9. The highest BCUT2D eigenvalue weighted by molar-refractivity contribution is 5.80. The average molecular weight is 331 g/mol. The lowest BCUT2D eigenvalue weighted by atomic mass is 9.88. The highest BCUT2D eigenvalue weighted by atomic mass is 16.2. The van der Waals surface area contributed by atoms with Gasteiger partial charge in [-0.15, -0.1) is 0 Å². The van der Waals surface area contributed by atoms with Gasteiger partial charge in [-0.25, -0.2) is 0 Å². The monoisotopic (exact) mass is 331 g/mol. The Bertz CT molecular complexity index is 641. The molecule has 1 aliphatic heterocycles. The summed E-state index contributed by atoms with van der Waals surface area (Å²) < 4.78 is 1.42. The number of hydrogen-bond acceptors (Lipinski definition) is 3. The Labute approximate surface area is 142 Å². The lowest BCUT2D eigenvalue weighted by molar-refractivity contribution is -0.143. The number of aromatic nitrogens is 1. The van der Waals surface area contributed by atoms with Gasteiger partial charge in [-0.3, -0.25) is 14.4 Å². The number of pyridine rings is 1. The van der Waals surface area contributed by atoms with Crippen molar-refractivity contribution in [3.05, 3.63) is 34.7 Å². The molecule has 0 radical (unpaired) electrons. The van der Waals surface area contributed by atoms with Crippen molar-refractivity contribution in [1.29, 1.82) is 0 Å². The summed E-state index contributed by atoms with van der Waals surface area (Å²) in [6.07, 6.45) is 7.19. The van der Waals surface area contributed by atoms with E-state index in [1.807, 2.05) is 4.90 Å². The first kappa shape index (κ1) is 16.7. The van der Waals surface area contributed by atoms with Crippen LogP contribution in [-0.4, -0.2) is 52.4 Å². The fourth-order valence-corrected chi connectivity index (χ4v) is 3.62. The van der Waals surface area contributed by atoms with E-state index in [2.05, 4.69) is 0 Å². The number of piperazine rings is 1. The lowest BCUT2D eigenvalue weighted by Crippen LogP contribution is -2.53. The van der Waals surface area contributed by atoms with Gasteiger partial charge in [-0.1, -0.05) is 25.3 Å². The van der Waals surface area contributed by atoms with Gasteiger partial charge in [-0.05, 0) is 18.9 Å². The van der Waals surface area contributed by atoms with E-state index in [9.17, 15) is 14.4 Å². The van der Waals surface area contributed by atoms with E-state index in [0.29, 0.717) is 26.2 Å². The molecule has 2 amide bonds. The highest BCUT2D eigenvalue weighted by Gasteiger charge is 2.29. The molecule has 0 bridgehead atoms. The van der Waals surface area contributed by atoms with Crippen molar-refractivity contribution in [2.75, 3.05) is 26.2 Å². The van der Waals surface area contributed by atoms with Crippen LogP contribution in [0.2, 0.25) is 0 Å². The van der Waals surface area contributed by atoms with Gasteiger partial charge in [0.2, 0.25) is 11.8 Å².